The van der Waals surface area contributed by atoms with Gasteiger partial charge in [-0.2, -0.15) is 0 Å². The summed E-state index contributed by atoms with van der Waals surface area (Å²) in [6.07, 6.45) is -0.342. The van der Waals surface area contributed by atoms with E-state index in [0.717, 1.165) is 22.3 Å². The predicted molar refractivity (Wildman–Crippen MR) is 161 cm³/mol. The molecule has 5 rings (SSSR count). The number of rotatable bonds is 4. The van der Waals surface area contributed by atoms with Crippen molar-refractivity contribution in [1.29, 1.82) is 0 Å². The van der Waals surface area contributed by atoms with Crippen molar-refractivity contribution >= 4 is 22.8 Å². The van der Waals surface area contributed by atoms with E-state index < -0.39 is 5.60 Å². The summed E-state index contributed by atoms with van der Waals surface area (Å²) in [5, 5.41) is 0.779. The van der Waals surface area contributed by atoms with E-state index in [-0.39, 0.29) is 29.4 Å². The third-order valence-electron chi connectivity index (χ3n) is 7.38. The number of benzene rings is 2. The fraction of sp³-hybridized carbons (Fsp3) is 0.364. The summed E-state index contributed by atoms with van der Waals surface area (Å²) in [4.78, 5) is 35.5. The van der Waals surface area contributed by atoms with Gasteiger partial charge in [0, 0.05) is 42.7 Å². The molecule has 1 aliphatic heterocycles. The molecule has 7 nitrogen and oxygen atoms in total. The van der Waals surface area contributed by atoms with Gasteiger partial charge in [-0.25, -0.2) is 14.2 Å². The summed E-state index contributed by atoms with van der Waals surface area (Å²) in [5.41, 5.74) is 2.99. The molecule has 41 heavy (non-hydrogen) atoms. The van der Waals surface area contributed by atoms with Crippen molar-refractivity contribution in [3.05, 3.63) is 88.5 Å². The van der Waals surface area contributed by atoms with Crippen LogP contribution in [0.3, 0.4) is 0 Å². The molecule has 0 saturated carbocycles. The van der Waals surface area contributed by atoms with Gasteiger partial charge in [0.25, 0.3) is 5.56 Å². The van der Waals surface area contributed by atoms with E-state index in [4.69, 9.17) is 9.72 Å². The maximum atomic E-state index is 14.8. The van der Waals surface area contributed by atoms with E-state index in [1.54, 1.807) is 39.8 Å². The van der Waals surface area contributed by atoms with Crippen LogP contribution in [0.25, 0.3) is 28.0 Å². The molecule has 0 aliphatic carbocycles. The number of hydrogen-bond donors (Lipinski definition) is 0. The van der Waals surface area contributed by atoms with Gasteiger partial charge < -0.3 is 14.5 Å². The summed E-state index contributed by atoms with van der Waals surface area (Å²) in [7, 11) is 0. The van der Waals surface area contributed by atoms with Gasteiger partial charge in [-0.15, -0.1) is 0 Å². The Morgan fingerprint density at radius 2 is 1.71 bits per heavy atom. The van der Waals surface area contributed by atoms with E-state index in [9.17, 15) is 14.0 Å². The van der Waals surface area contributed by atoms with Gasteiger partial charge in [0.2, 0.25) is 0 Å². The highest BCUT2D eigenvalue weighted by Gasteiger charge is 2.31. The average Bonchev–Trinajstić information content (AvgIpc) is 2.91. The Bertz CT molecular complexity index is 1660. The van der Waals surface area contributed by atoms with Crippen LogP contribution < -0.4 is 10.5 Å². The van der Waals surface area contributed by atoms with Crippen LogP contribution in [0.5, 0.6) is 0 Å². The number of hydrogen-bond acceptors (Lipinski definition) is 5. The minimum atomic E-state index is -0.577. The molecule has 2 aromatic carbocycles. The second-order valence-electron chi connectivity index (χ2n) is 11.9. The summed E-state index contributed by atoms with van der Waals surface area (Å²) >= 11 is 0. The van der Waals surface area contributed by atoms with E-state index in [1.807, 2.05) is 58.0 Å². The van der Waals surface area contributed by atoms with Crippen molar-refractivity contribution in [2.45, 2.75) is 59.1 Å². The van der Waals surface area contributed by atoms with Gasteiger partial charge in [0.15, 0.2) is 0 Å². The normalized spacial score (nSPS) is 16.0. The van der Waals surface area contributed by atoms with E-state index >= 15 is 0 Å². The summed E-state index contributed by atoms with van der Waals surface area (Å²) in [6, 6.07) is 19.6. The molecule has 1 fully saturated rings. The third-order valence-corrected chi connectivity index (χ3v) is 7.38. The van der Waals surface area contributed by atoms with E-state index in [2.05, 4.69) is 18.7 Å². The smallest absolute Gasteiger partial charge is 0.410 e. The zero-order chi connectivity index (χ0) is 29.5. The van der Waals surface area contributed by atoms with Crippen molar-refractivity contribution < 1.29 is 13.9 Å². The minimum absolute atomic E-state index is 0.0797. The molecule has 0 bridgehead atoms. The minimum Gasteiger partial charge on any atom is -0.444 e. The fourth-order valence-corrected chi connectivity index (χ4v) is 5.46. The Labute approximate surface area is 240 Å². The number of ether oxygens (including phenoxy) is 1. The lowest BCUT2D eigenvalue weighted by atomic mass is 10.0. The maximum absolute atomic E-state index is 14.8. The number of aromatic nitrogens is 2. The van der Waals surface area contributed by atoms with Crippen molar-refractivity contribution in [2.75, 3.05) is 24.5 Å². The molecule has 4 aromatic rings. The van der Waals surface area contributed by atoms with Gasteiger partial charge >= 0.3 is 6.09 Å². The van der Waals surface area contributed by atoms with Gasteiger partial charge in [0.1, 0.15) is 17.1 Å². The summed E-state index contributed by atoms with van der Waals surface area (Å²) in [6.45, 7) is 13.2. The molecule has 1 saturated heterocycles. The molecule has 1 atom stereocenters. The van der Waals surface area contributed by atoms with Crippen molar-refractivity contribution in [3.63, 3.8) is 0 Å². The Morgan fingerprint density at radius 1 is 1.00 bits per heavy atom. The lowest BCUT2D eigenvalue weighted by Gasteiger charge is -2.41. The van der Waals surface area contributed by atoms with Crippen molar-refractivity contribution in [2.24, 2.45) is 0 Å². The number of para-hydroxylation sites is 1. The molecule has 1 aliphatic rings. The highest BCUT2D eigenvalue weighted by atomic mass is 19.1. The molecule has 2 aromatic heterocycles. The maximum Gasteiger partial charge on any atom is 0.410 e. The Morgan fingerprint density at radius 3 is 2.39 bits per heavy atom. The van der Waals surface area contributed by atoms with Crippen LogP contribution in [-0.2, 0) is 4.74 Å². The first-order chi connectivity index (χ1) is 19.4. The highest BCUT2D eigenvalue weighted by molar-refractivity contribution is 5.92. The first-order valence-electron chi connectivity index (χ1n) is 14.1. The number of piperazine rings is 1. The van der Waals surface area contributed by atoms with Crippen LogP contribution in [0.1, 0.15) is 53.0 Å². The lowest BCUT2D eigenvalue weighted by Crippen LogP contribution is -2.54. The van der Waals surface area contributed by atoms with Gasteiger partial charge in [-0.05, 0) is 69.5 Å². The first-order valence-corrected chi connectivity index (χ1v) is 14.1. The number of pyridine rings is 2. The predicted octanol–water partition coefficient (Wildman–Crippen LogP) is 6.76. The molecule has 0 radical (unpaired) electrons. The molecule has 8 heteroatoms. The van der Waals surface area contributed by atoms with Crippen LogP contribution in [0, 0.1) is 5.82 Å². The van der Waals surface area contributed by atoms with Gasteiger partial charge in [-0.3, -0.25) is 9.36 Å². The van der Waals surface area contributed by atoms with E-state index in [0.29, 0.717) is 36.5 Å². The number of carbonyl (C=O) groups excluding carboxylic acids is 1. The van der Waals surface area contributed by atoms with Gasteiger partial charge in [-0.1, -0.05) is 44.2 Å². The molecular formula is C33H37FN4O3. The number of amides is 1. The molecule has 214 valence electrons. The van der Waals surface area contributed by atoms with Crippen molar-refractivity contribution in [3.8, 4) is 16.9 Å². The number of carbonyl (C=O) groups is 1. The molecule has 3 heterocycles. The Hall–Kier alpha value is -4.20. The Balaban J connectivity index is 1.65. The number of anilines is 1. The monoisotopic (exact) mass is 556 g/mol. The largest absolute Gasteiger partial charge is 0.444 e. The molecular weight excluding hydrogens is 519 g/mol. The number of halogens is 1. The fourth-order valence-electron chi connectivity index (χ4n) is 5.46. The average molecular weight is 557 g/mol. The van der Waals surface area contributed by atoms with Crippen LogP contribution in [0.4, 0.5) is 14.9 Å². The molecule has 0 unspecified atom stereocenters. The van der Waals surface area contributed by atoms with E-state index in [1.165, 1.54) is 6.07 Å². The van der Waals surface area contributed by atoms with Crippen LogP contribution in [0.15, 0.2) is 71.5 Å². The highest BCUT2D eigenvalue weighted by Crippen LogP contribution is 2.33. The quantitative estimate of drug-likeness (QED) is 0.278. The van der Waals surface area contributed by atoms with Crippen LogP contribution in [-0.4, -0.2) is 51.8 Å². The molecule has 1 amide bonds. The topological polar surface area (TPSA) is 67.7 Å². The molecule has 0 N–H and O–H groups in total. The van der Waals surface area contributed by atoms with Crippen molar-refractivity contribution in [1.82, 2.24) is 14.5 Å². The number of fused-ring (bicyclic) bond motifs is 1. The summed E-state index contributed by atoms with van der Waals surface area (Å²) < 4.78 is 22.0. The lowest BCUT2D eigenvalue weighted by molar-refractivity contribution is 0.0219. The summed E-state index contributed by atoms with van der Waals surface area (Å²) in [5.74, 6) is -0.206. The third kappa shape index (κ3) is 5.69. The first kappa shape index (κ1) is 28.3. The molecule has 0 spiro atoms. The van der Waals surface area contributed by atoms with Gasteiger partial charge in [0.05, 0.1) is 17.1 Å². The second-order valence-corrected chi connectivity index (χ2v) is 11.9. The van der Waals surface area contributed by atoms with Crippen LogP contribution in [0.2, 0.25) is 0 Å². The Kier molecular flexibility index (Phi) is 7.60. The second kappa shape index (κ2) is 11.0. The standard InChI is InChI=1S/C33H37FN4O3/c1-21(2)23-11-8-10-14-28(23)38-30(39)19-29(37-18-17-36(20-22(37)3)32(40)41-33(4,5)6)25-15-16-27(35-31(25)38)24-12-7-9-13-26(24)34/h7-16,19,21-22H,17-18,20H2,1-6H3/t22-/m0/s1. The van der Waals surface area contributed by atoms with Crippen LogP contribution >= 0.6 is 0 Å². The zero-order valence-electron chi connectivity index (χ0n) is 24.5. The zero-order valence-corrected chi connectivity index (χ0v) is 24.5. The number of nitrogens with zero attached hydrogens (tertiary/aromatic N) is 4. The SMILES string of the molecule is CC(C)c1ccccc1-n1c(=O)cc(N2CCN(C(=O)OC(C)(C)C)C[C@@H]2C)c2ccc(-c3ccccc3F)nc21.